The van der Waals surface area contributed by atoms with Crippen molar-refractivity contribution in [2.75, 3.05) is 0 Å². The number of amides is 2. The molecule has 2 fully saturated rings. The predicted molar refractivity (Wildman–Crippen MR) is 110 cm³/mol. The zero-order valence-corrected chi connectivity index (χ0v) is 17.9. The number of rotatable bonds is 3. The van der Waals surface area contributed by atoms with Gasteiger partial charge in [0.15, 0.2) is 11.4 Å². The highest BCUT2D eigenvalue weighted by Gasteiger charge is 2.57. The van der Waals surface area contributed by atoms with Crippen molar-refractivity contribution in [2.45, 2.75) is 45.4 Å². The predicted octanol–water partition coefficient (Wildman–Crippen LogP) is 2.40. The first-order valence-electron chi connectivity index (χ1n) is 10.8. The van der Waals surface area contributed by atoms with Crippen LogP contribution in [0.4, 0.5) is 13.2 Å². The molecule has 5 rings (SSSR count). The molecule has 3 unspecified atom stereocenters. The Balaban J connectivity index is 1.45. The number of hydrogen-bond donors (Lipinski definition) is 2. The van der Waals surface area contributed by atoms with Gasteiger partial charge in [0.25, 0.3) is 11.8 Å². The van der Waals surface area contributed by atoms with Gasteiger partial charge in [0, 0.05) is 43.0 Å². The minimum absolute atomic E-state index is 0.0502. The number of fused-ring (bicyclic) bond motifs is 6. The van der Waals surface area contributed by atoms with Crippen molar-refractivity contribution in [3.63, 3.8) is 0 Å². The Morgan fingerprint density at radius 2 is 1.79 bits per heavy atom. The highest BCUT2D eigenvalue weighted by molar-refractivity contribution is 5.99. The van der Waals surface area contributed by atoms with Crippen LogP contribution in [-0.2, 0) is 13.1 Å². The fraction of sp³-hybridized carbons (Fsp3) is 0.435. The summed E-state index contributed by atoms with van der Waals surface area (Å²) in [4.78, 5) is 40.3. The lowest BCUT2D eigenvalue weighted by Gasteiger charge is -2.45. The van der Waals surface area contributed by atoms with E-state index >= 15 is 0 Å². The molecule has 1 saturated carbocycles. The van der Waals surface area contributed by atoms with Crippen LogP contribution in [0.15, 0.2) is 23.1 Å². The summed E-state index contributed by atoms with van der Waals surface area (Å²) >= 11 is 0. The zero-order chi connectivity index (χ0) is 23.8. The maximum absolute atomic E-state index is 13.9. The van der Waals surface area contributed by atoms with Crippen LogP contribution in [0.25, 0.3) is 0 Å². The Labute approximate surface area is 186 Å². The number of aromatic nitrogens is 1. The summed E-state index contributed by atoms with van der Waals surface area (Å²) in [7, 11) is 0. The number of carbonyl (C=O) groups is 2. The van der Waals surface area contributed by atoms with Crippen molar-refractivity contribution >= 4 is 11.8 Å². The van der Waals surface area contributed by atoms with Crippen molar-refractivity contribution in [3.05, 3.63) is 62.8 Å². The van der Waals surface area contributed by atoms with Crippen LogP contribution in [0.5, 0.6) is 5.75 Å². The van der Waals surface area contributed by atoms with E-state index in [1.165, 1.54) is 10.8 Å². The average Bonchev–Trinajstić information content (AvgIpc) is 3.26. The van der Waals surface area contributed by atoms with Gasteiger partial charge in [-0.05, 0) is 24.2 Å². The van der Waals surface area contributed by atoms with Gasteiger partial charge in [-0.15, -0.1) is 0 Å². The lowest BCUT2D eigenvalue weighted by Crippen LogP contribution is -2.56. The molecule has 3 aliphatic rings. The van der Waals surface area contributed by atoms with Crippen molar-refractivity contribution < 1.29 is 27.9 Å². The second-order valence-electron chi connectivity index (χ2n) is 9.22. The summed E-state index contributed by atoms with van der Waals surface area (Å²) < 4.78 is 42.2. The van der Waals surface area contributed by atoms with Gasteiger partial charge >= 0.3 is 0 Å². The van der Waals surface area contributed by atoms with E-state index in [1.54, 1.807) is 4.90 Å². The van der Waals surface area contributed by atoms with Crippen molar-refractivity contribution in [2.24, 2.45) is 17.8 Å². The van der Waals surface area contributed by atoms with Gasteiger partial charge < -0.3 is 19.9 Å². The molecular formula is C23H22F3N3O4. The van der Waals surface area contributed by atoms with Gasteiger partial charge in [-0.3, -0.25) is 14.4 Å². The van der Waals surface area contributed by atoms with E-state index < -0.39 is 58.1 Å². The molecule has 5 atom stereocenters. The standard InChI is InChI=1S/C23H22F3N3O4/c1-9-10(2)17-5-12(9)18-8-28-7-14(20(30)21(31)19(28)23(33)29(17)18)22(32)27-6-13-15(25)3-11(24)4-16(13)26/h3-4,7,9-10,12,17-18,31H,5-6,8H2,1-2H3,(H,27,32)/t9?,10-,12?,17-,18?/m0/s1. The Kier molecular flexibility index (Phi) is 4.80. The first kappa shape index (κ1) is 21.5. The summed E-state index contributed by atoms with van der Waals surface area (Å²) in [5.74, 6) is -4.67. The Bertz CT molecular complexity index is 1240. The van der Waals surface area contributed by atoms with Gasteiger partial charge in [0.2, 0.25) is 5.43 Å². The van der Waals surface area contributed by atoms with E-state index in [1.807, 2.05) is 0 Å². The van der Waals surface area contributed by atoms with Crippen molar-refractivity contribution in [1.29, 1.82) is 0 Å². The number of benzene rings is 1. The second kappa shape index (κ2) is 7.36. The smallest absolute Gasteiger partial charge is 0.275 e. The SMILES string of the molecule is CC1C2C[C@@H]([C@H]1C)N1C(=O)c3c(O)c(=O)c(C(=O)NCc4c(F)cc(F)cc4F)cn3CC21. The first-order valence-corrected chi connectivity index (χ1v) is 10.8. The summed E-state index contributed by atoms with van der Waals surface area (Å²) in [6, 6.07) is 0.924. The molecule has 2 bridgehead atoms. The number of aromatic hydroxyl groups is 1. The molecule has 3 heterocycles. The highest BCUT2D eigenvalue weighted by Crippen LogP contribution is 2.51. The third-order valence-corrected chi connectivity index (χ3v) is 7.69. The topological polar surface area (TPSA) is 91.6 Å². The number of pyridine rings is 1. The molecule has 1 saturated heterocycles. The molecule has 2 N–H and O–H groups in total. The van der Waals surface area contributed by atoms with Crippen LogP contribution in [0, 0.1) is 35.2 Å². The van der Waals surface area contributed by atoms with Crippen molar-refractivity contribution in [3.8, 4) is 5.75 Å². The van der Waals surface area contributed by atoms with E-state index in [0.29, 0.717) is 30.5 Å². The molecule has 1 aromatic carbocycles. The second-order valence-corrected chi connectivity index (χ2v) is 9.22. The van der Waals surface area contributed by atoms with E-state index in [9.17, 15) is 32.7 Å². The van der Waals surface area contributed by atoms with Crippen LogP contribution in [-0.4, -0.2) is 38.5 Å². The molecule has 0 spiro atoms. The van der Waals surface area contributed by atoms with Gasteiger partial charge in [-0.25, -0.2) is 13.2 Å². The number of hydrogen-bond acceptors (Lipinski definition) is 4. The maximum Gasteiger partial charge on any atom is 0.275 e. The fourth-order valence-electron chi connectivity index (χ4n) is 5.81. The van der Waals surface area contributed by atoms with E-state index in [4.69, 9.17) is 0 Å². The normalized spacial score (nSPS) is 27.5. The maximum atomic E-state index is 13.9. The quantitative estimate of drug-likeness (QED) is 0.735. The Morgan fingerprint density at radius 3 is 2.45 bits per heavy atom. The first-order chi connectivity index (χ1) is 15.6. The van der Waals surface area contributed by atoms with Gasteiger partial charge in [0.1, 0.15) is 23.0 Å². The number of carbonyl (C=O) groups excluding carboxylic acids is 2. The molecular weight excluding hydrogens is 439 g/mol. The third kappa shape index (κ3) is 3.07. The zero-order valence-electron chi connectivity index (χ0n) is 17.9. The van der Waals surface area contributed by atoms with Crippen LogP contribution in [0.2, 0.25) is 0 Å². The minimum Gasteiger partial charge on any atom is -0.503 e. The Morgan fingerprint density at radius 1 is 1.12 bits per heavy atom. The van der Waals surface area contributed by atoms with Crippen molar-refractivity contribution in [1.82, 2.24) is 14.8 Å². The molecule has 2 amide bonds. The fourth-order valence-corrected chi connectivity index (χ4v) is 5.81. The van der Waals surface area contributed by atoms with Gasteiger partial charge in [-0.1, -0.05) is 13.8 Å². The molecule has 1 aliphatic carbocycles. The van der Waals surface area contributed by atoms with Crippen LogP contribution in [0.1, 0.15) is 46.7 Å². The number of nitrogens with zero attached hydrogens (tertiary/aromatic N) is 2. The number of nitrogens with one attached hydrogen (secondary N) is 1. The van der Waals surface area contributed by atoms with Crippen LogP contribution in [0.3, 0.4) is 0 Å². The lowest BCUT2D eigenvalue weighted by atomic mass is 9.82. The summed E-state index contributed by atoms with van der Waals surface area (Å²) in [5, 5.41) is 12.8. The molecule has 2 aliphatic heterocycles. The third-order valence-electron chi connectivity index (χ3n) is 7.69. The van der Waals surface area contributed by atoms with Crippen LogP contribution < -0.4 is 10.7 Å². The number of halogens is 3. The molecule has 7 nitrogen and oxygen atoms in total. The van der Waals surface area contributed by atoms with Gasteiger partial charge in [0.05, 0.1) is 6.04 Å². The Hall–Kier alpha value is -3.30. The van der Waals surface area contributed by atoms with E-state index in [-0.39, 0.29) is 23.7 Å². The average molecular weight is 461 g/mol. The largest absolute Gasteiger partial charge is 0.503 e. The highest BCUT2D eigenvalue weighted by atomic mass is 19.1. The molecule has 2 aromatic rings. The minimum atomic E-state index is -1.18. The molecule has 0 radical (unpaired) electrons. The molecule has 33 heavy (non-hydrogen) atoms. The summed E-state index contributed by atoms with van der Waals surface area (Å²) in [6.45, 7) is 3.95. The van der Waals surface area contributed by atoms with E-state index in [2.05, 4.69) is 19.2 Å². The molecule has 1 aromatic heterocycles. The van der Waals surface area contributed by atoms with Crippen LogP contribution >= 0.6 is 0 Å². The van der Waals surface area contributed by atoms with Gasteiger partial charge in [-0.2, -0.15) is 0 Å². The lowest BCUT2D eigenvalue weighted by molar-refractivity contribution is 0.0279. The molecule has 174 valence electrons. The monoisotopic (exact) mass is 461 g/mol. The van der Waals surface area contributed by atoms with E-state index in [0.717, 1.165) is 6.42 Å². The molecule has 10 heteroatoms. The summed E-state index contributed by atoms with van der Waals surface area (Å²) in [6.07, 6.45) is 2.07. The summed E-state index contributed by atoms with van der Waals surface area (Å²) in [5.41, 5.74) is -2.22. The number of piperidine rings is 1.